The Balaban J connectivity index is 2.23. The summed E-state index contributed by atoms with van der Waals surface area (Å²) in [5.74, 6) is -0.249. The predicted octanol–water partition coefficient (Wildman–Crippen LogP) is 3.28. The molecule has 118 valence electrons. The quantitative estimate of drug-likeness (QED) is 0.859. The number of aliphatic hydroxyl groups is 1. The molecule has 0 aliphatic heterocycles. The van der Waals surface area contributed by atoms with Crippen molar-refractivity contribution in [1.82, 2.24) is 5.32 Å². The molecule has 0 aliphatic rings. The molecule has 0 saturated carbocycles. The van der Waals surface area contributed by atoms with Crippen molar-refractivity contribution < 1.29 is 9.50 Å². The Kier molecular flexibility index (Phi) is 5.52. The minimum Gasteiger partial charge on any atom is -0.394 e. The van der Waals surface area contributed by atoms with Crippen LogP contribution in [0.4, 0.5) is 10.1 Å². The van der Waals surface area contributed by atoms with Gasteiger partial charge in [-0.2, -0.15) is 0 Å². The second-order valence-corrected chi connectivity index (χ2v) is 5.63. The average Bonchev–Trinajstić information content (AvgIpc) is 2.53. The Hall–Kier alpha value is -1.91. The number of anilines is 1. The summed E-state index contributed by atoms with van der Waals surface area (Å²) in [6.07, 6.45) is 0. The highest BCUT2D eigenvalue weighted by Crippen LogP contribution is 2.28. The maximum absolute atomic E-state index is 13.5. The normalized spacial score (nSPS) is 13.7. The molecule has 22 heavy (non-hydrogen) atoms. The van der Waals surface area contributed by atoms with Crippen LogP contribution in [-0.2, 0) is 0 Å². The molecule has 2 rings (SSSR count). The third-order valence-electron chi connectivity index (χ3n) is 3.78. The number of hydrogen-bond acceptors (Lipinski definition) is 3. The summed E-state index contributed by atoms with van der Waals surface area (Å²) in [6, 6.07) is 14.4. The molecule has 0 fully saturated rings. The molecule has 0 heterocycles. The first-order valence-corrected chi connectivity index (χ1v) is 7.41. The van der Waals surface area contributed by atoms with E-state index in [1.54, 1.807) is 6.07 Å². The van der Waals surface area contributed by atoms with Crippen molar-refractivity contribution in [3.63, 3.8) is 0 Å². The van der Waals surface area contributed by atoms with E-state index in [0.29, 0.717) is 0 Å². The van der Waals surface area contributed by atoms with E-state index in [4.69, 9.17) is 0 Å². The van der Waals surface area contributed by atoms with Gasteiger partial charge in [-0.15, -0.1) is 0 Å². The van der Waals surface area contributed by atoms with Gasteiger partial charge in [-0.1, -0.05) is 36.4 Å². The van der Waals surface area contributed by atoms with Crippen molar-refractivity contribution in [1.29, 1.82) is 0 Å². The van der Waals surface area contributed by atoms with E-state index in [1.165, 1.54) is 12.1 Å². The van der Waals surface area contributed by atoms with Gasteiger partial charge in [0.15, 0.2) is 0 Å². The number of aliphatic hydroxyl groups excluding tert-OH is 1. The number of halogens is 1. The van der Waals surface area contributed by atoms with Crippen LogP contribution in [0.15, 0.2) is 48.5 Å². The highest BCUT2D eigenvalue weighted by molar-refractivity contribution is 5.54. The van der Waals surface area contributed by atoms with E-state index in [-0.39, 0.29) is 24.5 Å². The molecule has 0 bridgehead atoms. The lowest BCUT2D eigenvalue weighted by atomic mass is 10.0. The van der Waals surface area contributed by atoms with Crippen molar-refractivity contribution in [2.75, 3.05) is 25.6 Å². The van der Waals surface area contributed by atoms with Gasteiger partial charge in [0.2, 0.25) is 0 Å². The van der Waals surface area contributed by atoms with Gasteiger partial charge < -0.3 is 15.3 Å². The molecule has 0 amide bonds. The molecule has 0 radical (unpaired) electrons. The first kappa shape index (κ1) is 16.5. The zero-order valence-corrected chi connectivity index (χ0v) is 13.3. The molecule has 0 spiro atoms. The van der Waals surface area contributed by atoms with Crippen molar-refractivity contribution in [2.24, 2.45) is 0 Å². The Morgan fingerprint density at radius 3 is 2.41 bits per heavy atom. The smallest absolute Gasteiger partial charge is 0.125 e. The number of nitrogens with zero attached hydrogens (tertiary/aromatic N) is 1. The third kappa shape index (κ3) is 3.84. The van der Waals surface area contributed by atoms with E-state index in [2.05, 4.69) is 5.32 Å². The summed E-state index contributed by atoms with van der Waals surface area (Å²) < 4.78 is 13.5. The van der Waals surface area contributed by atoms with E-state index >= 15 is 0 Å². The maximum Gasteiger partial charge on any atom is 0.125 e. The SMILES string of the molecule is CC(NC(CO)c1ccccc1)c1ccc(F)cc1N(C)C. The third-order valence-corrected chi connectivity index (χ3v) is 3.78. The highest BCUT2D eigenvalue weighted by atomic mass is 19.1. The molecule has 4 heteroatoms. The van der Waals surface area contributed by atoms with Gasteiger partial charge in [0, 0.05) is 25.8 Å². The Morgan fingerprint density at radius 1 is 1.14 bits per heavy atom. The van der Waals surface area contributed by atoms with Gasteiger partial charge >= 0.3 is 0 Å². The summed E-state index contributed by atoms with van der Waals surface area (Å²) in [6.45, 7) is 2.03. The van der Waals surface area contributed by atoms with Gasteiger partial charge in [0.25, 0.3) is 0 Å². The monoisotopic (exact) mass is 302 g/mol. The summed E-state index contributed by atoms with van der Waals surface area (Å²) in [5.41, 5.74) is 2.87. The maximum atomic E-state index is 13.5. The molecule has 2 aromatic rings. The molecular weight excluding hydrogens is 279 g/mol. The van der Waals surface area contributed by atoms with Crippen molar-refractivity contribution in [3.05, 3.63) is 65.5 Å². The van der Waals surface area contributed by atoms with Crippen molar-refractivity contribution >= 4 is 5.69 Å². The number of nitrogens with one attached hydrogen (secondary N) is 1. The van der Waals surface area contributed by atoms with Crippen LogP contribution in [0, 0.1) is 5.82 Å². The lowest BCUT2D eigenvalue weighted by Gasteiger charge is -2.26. The average molecular weight is 302 g/mol. The van der Waals surface area contributed by atoms with Gasteiger partial charge in [0.05, 0.1) is 12.6 Å². The molecule has 0 aliphatic carbocycles. The first-order chi connectivity index (χ1) is 10.5. The standard InChI is InChI=1S/C18H23FN2O/c1-13(16-10-9-15(19)11-18(16)21(2)3)20-17(12-22)14-7-5-4-6-8-14/h4-11,13,17,20,22H,12H2,1-3H3. The molecule has 2 aromatic carbocycles. The zero-order chi connectivity index (χ0) is 16.1. The Bertz CT molecular complexity index is 601. The highest BCUT2D eigenvalue weighted by Gasteiger charge is 2.18. The minimum atomic E-state index is -0.249. The molecule has 0 saturated heterocycles. The van der Waals surface area contributed by atoms with Crippen LogP contribution in [0.2, 0.25) is 0 Å². The van der Waals surface area contributed by atoms with Gasteiger partial charge in [-0.25, -0.2) is 4.39 Å². The fraction of sp³-hybridized carbons (Fsp3) is 0.333. The Morgan fingerprint density at radius 2 is 1.82 bits per heavy atom. The van der Waals surface area contributed by atoms with Gasteiger partial charge in [-0.3, -0.25) is 0 Å². The fourth-order valence-electron chi connectivity index (χ4n) is 2.60. The van der Waals surface area contributed by atoms with E-state index < -0.39 is 0 Å². The largest absolute Gasteiger partial charge is 0.394 e. The van der Waals surface area contributed by atoms with Gasteiger partial charge in [0.1, 0.15) is 5.82 Å². The van der Waals surface area contributed by atoms with Crippen LogP contribution < -0.4 is 10.2 Å². The Labute approximate surface area is 131 Å². The van der Waals surface area contributed by atoms with Crippen molar-refractivity contribution in [3.8, 4) is 0 Å². The summed E-state index contributed by atoms with van der Waals surface area (Å²) in [7, 11) is 3.79. The lowest BCUT2D eigenvalue weighted by Crippen LogP contribution is -2.28. The molecule has 2 atom stereocenters. The molecule has 2 unspecified atom stereocenters. The second-order valence-electron chi connectivity index (χ2n) is 5.63. The zero-order valence-electron chi connectivity index (χ0n) is 13.3. The minimum absolute atomic E-state index is 0.00679. The molecule has 2 N–H and O–H groups in total. The fourth-order valence-corrected chi connectivity index (χ4v) is 2.60. The molecule has 3 nitrogen and oxygen atoms in total. The lowest BCUT2D eigenvalue weighted by molar-refractivity contribution is 0.235. The molecule has 0 aromatic heterocycles. The summed E-state index contributed by atoms with van der Waals surface area (Å²) in [5, 5.41) is 13.1. The van der Waals surface area contributed by atoms with Crippen LogP contribution >= 0.6 is 0 Å². The topological polar surface area (TPSA) is 35.5 Å². The summed E-state index contributed by atoms with van der Waals surface area (Å²) >= 11 is 0. The number of hydrogen-bond donors (Lipinski definition) is 2. The van der Waals surface area contributed by atoms with Crippen LogP contribution in [-0.4, -0.2) is 25.8 Å². The van der Waals surface area contributed by atoms with Crippen LogP contribution in [0.3, 0.4) is 0 Å². The van der Waals surface area contributed by atoms with Crippen LogP contribution in [0.25, 0.3) is 0 Å². The van der Waals surface area contributed by atoms with Crippen LogP contribution in [0.1, 0.15) is 30.1 Å². The first-order valence-electron chi connectivity index (χ1n) is 7.41. The predicted molar refractivity (Wildman–Crippen MR) is 88.5 cm³/mol. The number of rotatable bonds is 6. The van der Waals surface area contributed by atoms with E-state index in [0.717, 1.165) is 16.8 Å². The number of benzene rings is 2. The van der Waals surface area contributed by atoms with E-state index in [9.17, 15) is 9.50 Å². The molecular formula is C18H23FN2O. The van der Waals surface area contributed by atoms with Gasteiger partial charge in [-0.05, 0) is 30.2 Å². The summed E-state index contributed by atoms with van der Waals surface area (Å²) in [4.78, 5) is 1.90. The second kappa shape index (κ2) is 7.38. The van der Waals surface area contributed by atoms with Crippen LogP contribution in [0.5, 0.6) is 0 Å². The van der Waals surface area contributed by atoms with Crippen molar-refractivity contribution in [2.45, 2.75) is 19.0 Å². The van der Waals surface area contributed by atoms with E-state index in [1.807, 2.05) is 56.3 Å².